The van der Waals surface area contributed by atoms with Crippen LogP contribution in [0, 0.1) is 16.2 Å². The third-order valence-electron chi connectivity index (χ3n) is 5.66. The van der Waals surface area contributed by atoms with Crippen molar-refractivity contribution in [1.82, 2.24) is 0 Å². The number of Topliss-reactive ketones (excluding diaryl/α,β-unsaturated/α-hetero) is 1. The molecule has 2 aliphatic carbocycles. The molecule has 2 rings (SSSR count). The molecule has 7 heteroatoms. The van der Waals surface area contributed by atoms with Gasteiger partial charge < -0.3 is 9.29 Å². The monoisotopic (exact) mass is 303 g/mol. The van der Waals surface area contributed by atoms with E-state index in [1.807, 2.05) is 20.8 Å². The quantitative estimate of drug-likeness (QED) is 0.564. The zero-order chi connectivity index (χ0) is 15.4. The van der Waals surface area contributed by atoms with Crippen LogP contribution in [0.15, 0.2) is 0 Å². The molecule has 0 N–H and O–H groups in total. The van der Waals surface area contributed by atoms with Crippen molar-refractivity contribution in [2.24, 2.45) is 16.2 Å². The third kappa shape index (κ3) is 1.90. The molecule has 2 aliphatic rings. The molecule has 114 valence electrons. The molecular formula is C13H19O6S-. The number of ketones is 1. The zero-order valence-corrected chi connectivity index (χ0v) is 12.7. The molecule has 2 bridgehead atoms. The van der Waals surface area contributed by atoms with Gasteiger partial charge in [-0.2, -0.15) is 0 Å². The van der Waals surface area contributed by atoms with Crippen LogP contribution in [0.3, 0.4) is 0 Å². The van der Waals surface area contributed by atoms with Gasteiger partial charge in [-0.05, 0) is 18.3 Å². The van der Waals surface area contributed by atoms with Gasteiger partial charge in [0, 0.05) is 11.8 Å². The summed E-state index contributed by atoms with van der Waals surface area (Å²) in [7, 11) is -4.41. The third-order valence-corrected chi connectivity index (χ3v) is 6.33. The molecule has 0 spiro atoms. The number of hydrogen-bond donors (Lipinski definition) is 0. The van der Waals surface area contributed by atoms with E-state index in [0.717, 1.165) is 0 Å². The Morgan fingerprint density at radius 2 is 1.90 bits per heavy atom. The average molecular weight is 303 g/mol. The highest BCUT2D eigenvalue weighted by molar-refractivity contribution is 7.85. The lowest BCUT2D eigenvalue weighted by molar-refractivity contribution is -0.161. The molecule has 0 aromatic rings. The van der Waals surface area contributed by atoms with Crippen LogP contribution in [0.1, 0.15) is 40.0 Å². The van der Waals surface area contributed by atoms with E-state index in [4.69, 9.17) is 4.74 Å². The van der Waals surface area contributed by atoms with Crippen molar-refractivity contribution in [2.75, 3.05) is 12.4 Å². The van der Waals surface area contributed by atoms with E-state index < -0.39 is 44.7 Å². The zero-order valence-electron chi connectivity index (χ0n) is 11.9. The standard InChI is InChI=1S/C13H20O6S/c1-11(2)12(3)4-5-13(11,8-9(12)14)10(15)19-6-7-20(16,17)18/h4-8H2,1-3H3,(H,16,17,18)/p-1. The van der Waals surface area contributed by atoms with Gasteiger partial charge in [0.25, 0.3) is 0 Å². The van der Waals surface area contributed by atoms with Crippen LogP contribution in [-0.2, 0) is 24.4 Å². The van der Waals surface area contributed by atoms with E-state index in [0.29, 0.717) is 12.8 Å². The van der Waals surface area contributed by atoms with Gasteiger partial charge in [0.1, 0.15) is 12.4 Å². The first kappa shape index (κ1) is 15.4. The summed E-state index contributed by atoms with van der Waals surface area (Å²) in [5.41, 5.74) is -1.94. The summed E-state index contributed by atoms with van der Waals surface area (Å²) < 4.78 is 36.5. The van der Waals surface area contributed by atoms with E-state index in [1.54, 1.807) is 0 Å². The summed E-state index contributed by atoms with van der Waals surface area (Å²) in [5.74, 6) is -1.23. The smallest absolute Gasteiger partial charge is 0.313 e. The first-order valence-electron chi connectivity index (χ1n) is 6.60. The molecule has 0 aromatic carbocycles. The normalized spacial score (nSPS) is 35.3. The Morgan fingerprint density at radius 3 is 2.30 bits per heavy atom. The van der Waals surface area contributed by atoms with Gasteiger partial charge in [0.15, 0.2) is 0 Å². The van der Waals surface area contributed by atoms with Crippen LogP contribution in [-0.4, -0.2) is 37.1 Å². The predicted octanol–water partition coefficient (Wildman–Crippen LogP) is 0.860. The minimum absolute atomic E-state index is 0.0575. The Kier molecular flexibility index (Phi) is 3.30. The topological polar surface area (TPSA) is 101 Å². The van der Waals surface area contributed by atoms with Crippen molar-refractivity contribution in [3.05, 3.63) is 0 Å². The van der Waals surface area contributed by atoms with Gasteiger partial charge in [0.2, 0.25) is 0 Å². The molecule has 2 atom stereocenters. The summed E-state index contributed by atoms with van der Waals surface area (Å²) in [6.45, 7) is 5.19. The van der Waals surface area contributed by atoms with Gasteiger partial charge in [0.05, 0.1) is 21.3 Å². The fourth-order valence-corrected chi connectivity index (χ4v) is 3.97. The Balaban J connectivity index is 2.16. The molecule has 2 saturated carbocycles. The highest BCUT2D eigenvalue weighted by atomic mass is 32.2. The van der Waals surface area contributed by atoms with Crippen LogP contribution >= 0.6 is 0 Å². The Morgan fingerprint density at radius 1 is 1.30 bits per heavy atom. The second kappa shape index (κ2) is 4.27. The number of carbonyl (C=O) groups is 2. The number of ether oxygens (including phenoxy) is 1. The molecule has 0 amide bonds. The van der Waals surface area contributed by atoms with Crippen molar-refractivity contribution in [3.63, 3.8) is 0 Å². The predicted molar refractivity (Wildman–Crippen MR) is 68.7 cm³/mol. The maximum Gasteiger partial charge on any atom is 0.313 e. The van der Waals surface area contributed by atoms with Crippen molar-refractivity contribution >= 4 is 21.9 Å². The van der Waals surface area contributed by atoms with Gasteiger partial charge in [-0.1, -0.05) is 20.8 Å². The lowest BCUT2D eigenvalue weighted by atomic mass is 9.65. The Bertz CT molecular complexity index is 563. The molecule has 0 radical (unpaired) electrons. The summed E-state index contributed by atoms with van der Waals surface area (Å²) in [4.78, 5) is 24.5. The summed E-state index contributed by atoms with van der Waals surface area (Å²) in [6.07, 6.45) is 1.33. The highest BCUT2D eigenvalue weighted by Gasteiger charge is 2.73. The SMILES string of the molecule is CC12CCC(C(=O)OCCS(=O)(=O)[O-])(CC1=O)C2(C)C. The summed E-state index contributed by atoms with van der Waals surface area (Å²) in [6, 6.07) is 0. The lowest BCUT2D eigenvalue weighted by Gasteiger charge is -2.37. The van der Waals surface area contributed by atoms with E-state index in [1.165, 1.54) is 0 Å². The van der Waals surface area contributed by atoms with Crippen LogP contribution < -0.4 is 0 Å². The molecule has 0 aliphatic heterocycles. The van der Waals surface area contributed by atoms with Crippen LogP contribution in [0.4, 0.5) is 0 Å². The molecule has 20 heavy (non-hydrogen) atoms. The van der Waals surface area contributed by atoms with Crippen molar-refractivity contribution in [3.8, 4) is 0 Å². The maximum atomic E-state index is 12.3. The molecule has 0 saturated heterocycles. The van der Waals surface area contributed by atoms with Gasteiger partial charge in [-0.3, -0.25) is 9.59 Å². The Labute approximate surface area is 118 Å². The van der Waals surface area contributed by atoms with Gasteiger partial charge in [-0.25, -0.2) is 8.42 Å². The van der Waals surface area contributed by atoms with E-state index in [-0.39, 0.29) is 12.2 Å². The van der Waals surface area contributed by atoms with Gasteiger partial charge >= 0.3 is 5.97 Å². The van der Waals surface area contributed by atoms with Crippen molar-refractivity contribution in [1.29, 1.82) is 0 Å². The first-order chi connectivity index (χ1) is 8.96. The molecule has 2 unspecified atom stereocenters. The number of carbonyl (C=O) groups excluding carboxylic acids is 2. The van der Waals surface area contributed by atoms with Crippen molar-refractivity contribution in [2.45, 2.75) is 40.0 Å². The van der Waals surface area contributed by atoms with E-state index in [2.05, 4.69) is 0 Å². The minimum Gasteiger partial charge on any atom is -0.748 e. The largest absolute Gasteiger partial charge is 0.748 e. The fourth-order valence-electron chi connectivity index (χ4n) is 3.69. The number of fused-ring (bicyclic) bond motifs is 2. The minimum atomic E-state index is -4.41. The van der Waals surface area contributed by atoms with Crippen LogP contribution in [0.5, 0.6) is 0 Å². The van der Waals surface area contributed by atoms with E-state index in [9.17, 15) is 22.6 Å². The number of hydrogen-bond acceptors (Lipinski definition) is 6. The fraction of sp³-hybridized carbons (Fsp3) is 0.846. The van der Waals surface area contributed by atoms with Gasteiger partial charge in [-0.15, -0.1) is 0 Å². The summed E-state index contributed by atoms with van der Waals surface area (Å²) in [5, 5.41) is 0. The van der Waals surface area contributed by atoms with E-state index >= 15 is 0 Å². The molecule has 6 nitrogen and oxygen atoms in total. The maximum absolute atomic E-state index is 12.3. The average Bonchev–Trinajstić information content (AvgIpc) is 2.57. The summed E-state index contributed by atoms with van der Waals surface area (Å²) >= 11 is 0. The molecule has 0 heterocycles. The molecule has 2 fully saturated rings. The highest BCUT2D eigenvalue weighted by Crippen LogP contribution is 2.70. The lowest BCUT2D eigenvalue weighted by Crippen LogP contribution is -2.42. The molecule has 0 aromatic heterocycles. The van der Waals surface area contributed by atoms with Crippen LogP contribution in [0.25, 0.3) is 0 Å². The second-order valence-corrected chi connectivity index (χ2v) is 8.06. The number of esters is 1. The first-order valence-corrected chi connectivity index (χ1v) is 8.18. The van der Waals surface area contributed by atoms with Crippen LogP contribution in [0.2, 0.25) is 0 Å². The van der Waals surface area contributed by atoms with Crippen molar-refractivity contribution < 1.29 is 27.3 Å². The molecular weight excluding hydrogens is 284 g/mol. The number of rotatable bonds is 4. The second-order valence-electron chi connectivity index (χ2n) is 6.54. The Hall–Kier alpha value is -0.950.